The van der Waals surface area contributed by atoms with Crippen LogP contribution in [0.3, 0.4) is 0 Å². The summed E-state index contributed by atoms with van der Waals surface area (Å²) in [5, 5.41) is 3.38. The minimum absolute atomic E-state index is 0.0253. The molecule has 0 saturated carbocycles. The Morgan fingerprint density at radius 2 is 2.05 bits per heavy atom. The highest BCUT2D eigenvalue weighted by atomic mass is 35.5. The van der Waals surface area contributed by atoms with Crippen molar-refractivity contribution in [2.75, 3.05) is 19.0 Å². The number of aliphatic imine (C=N–C) groups is 1. The zero-order valence-electron chi connectivity index (χ0n) is 11.9. The molecule has 0 saturated heterocycles. The fourth-order valence-electron chi connectivity index (χ4n) is 2.38. The first-order valence-corrected chi connectivity index (χ1v) is 7.05. The number of amides is 1. The van der Waals surface area contributed by atoms with Crippen LogP contribution in [0.2, 0.25) is 5.02 Å². The Morgan fingerprint density at radius 1 is 1.27 bits per heavy atom. The van der Waals surface area contributed by atoms with E-state index in [1.807, 2.05) is 18.2 Å². The van der Waals surface area contributed by atoms with Crippen LogP contribution in [0.1, 0.15) is 11.1 Å². The fourth-order valence-corrected chi connectivity index (χ4v) is 2.61. The number of fused-ring (bicyclic) bond motifs is 1. The zero-order chi connectivity index (χ0) is 15.7. The van der Waals surface area contributed by atoms with Crippen LogP contribution in [-0.4, -0.2) is 33.1 Å². The van der Waals surface area contributed by atoms with Gasteiger partial charge in [0, 0.05) is 22.2 Å². The molecule has 1 aliphatic rings. The fraction of sp³-hybridized carbons (Fsp3) is 0.125. The number of ether oxygens (including phenoxy) is 1. The first-order valence-electron chi connectivity index (χ1n) is 6.67. The summed E-state index contributed by atoms with van der Waals surface area (Å²) in [6.45, 7) is 0.0253. The number of benzodiazepines with no additional fused rings is 1. The van der Waals surface area contributed by atoms with Crippen molar-refractivity contribution in [2.45, 2.75) is 0 Å². The summed E-state index contributed by atoms with van der Waals surface area (Å²) in [5.41, 5.74) is 3.18. The van der Waals surface area contributed by atoms with Crippen molar-refractivity contribution < 1.29 is 9.53 Å². The number of anilines is 1. The van der Waals surface area contributed by atoms with Gasteiger partial charge in [0.15, 0.2) is 0 Å². The van der Waals surface area contributed by atoms with Crippen molar-refractivity contribution in [1.29, 1.82) is 0 Å². The molecule has 0 fully saturated rings. The molecule has 1 heterocycles. The average molecular weight is 311 g/mol. The highest BCUT2D eigenvalue weighted by molar-refractivity contribution is 6.38. The summed E-state index contributed by atoms with van der Waals surface area (Å²) in [6, 6.07) is 10.8. The molecule has 0 aliphatic carbocycles. The molecule has 22 heavy (non-hydrogen) atoms. The first-order chi connectivity index (χ1) is 10.6. The largest absolute Gasteiger partial charge is 0.497 e. The van der Waals surface area contributed by atoms with E-state index in [-0.39, 0.29) is 12.5 Å². The molecule has 2 aromatic carbocycles. The van der Waals surface area contributed by atoms with Gasteiger partial charge in [-0.2, -0.15) is 0 Å². The van der Waals surface area contributed by atoms with Crippen LogP contribution in [0.5, 0.6) is 5.75 Å². The molecule has 0 atom stereocenters. The normalized spacial score (nSPS) is 13.7. The Balaban J connectivity index is 2.23. The van der Waals surface area contributed by atoms with Gasteiger partial charge >= 0.3 is 0 Å². The number of nitrogens with one attached hydrogen (secondary N) is 1. The van der Waals surface area contributed by atoms with Gasteiger partial charge in [-0.3, -0.25) is 9.79 Å². The summed E-state index contributed by atoms with van der Waals surface area (Å²) in [5.74, 6) is 0.301. The van der Waals surface area contributed by atoms with E-state index in [4.69, 9.17) is 24.2 Å². The van der Waals surface area contributed by atoms with Crippen LogP contribution >= 0.6 is 11.6 Å². The first kappa shape index (κ1) is 14.7. The second-order valence-electron chi connectivity index (χ2n) is 4.83. The number of methoxy groups -OCH3 is 1. The summed E-state index contributed by atoms with van der Waals surface area (Å²) in [6.07, 6.45) is 0. The Kier molecular flexibility index (Phi) is 3.90. The van der Waals surface area contributed by atoms with Crippen molar-refractivity contribution in [2.24, 2.45) is 4.99 Å². The van der Waals surface area contributed by atoms with Gasteiger partial charge in [-0.25, -0.2) is 0 Å². The standard InChI is InChI=1S/C16H12BClN2O2/c1-22-14-7-13-10(6-11(14)17)16(19-8-15(21)20-13)9-4-2-3-5-12(9)18/h2-7H,8H2,1H3,(H,20,21). The van der Waals surface area contributed by atoms with Gasteiger partial charge in [0.1, 0.15) is 20.1 Å². The lowest BCUT2D eigenvalue weighted by molar-refractivity contribution is -0.114. The molecule has 0 unspecified atom stereocenters. The van der Waals surface area contributed by atoms with Gasteiger partial charge in [-0.15, -0.1) is 0 Å². The lowest BCUT2D eigenvalue weighted by atomic mass is 9.89. The Bertz CT molecular complexity index is 790. The van der Waals surface area contributed by atoms with Crippen LogP contribution in [0, 0.1) is 0 Å². The highest BCUT2D eigenvalue weighted by Gasteiger charge is 2.21. The van der Waals surface area contributed by atoms with Gasteiger partial charge < -0.3 is 10.1 Å². The van der Waals surface area contributed by atoms with Crippen molar-refractivity contribution in [1.82, 2.24) is 0 Å². The third-order valence-electron chi connectivity index (χ3n) is 3.41. The predicted molar refractivity (Wildman–Crippen MR) is 89.0 cm³/mol. The van der Waals surface area contributed by atoms with Crippen LogP contribution < -0.4 is 15.5 Å². The maximum Gasteiger partial charge on any atom is 0.246 e. The van der Waals surface area contributed by atoms with Gasteiger partial charge in [0.05, 0.1) is 18.5 Å². The number of carbonyl (C=O) groups excluding carboxylic acids is 1. The minimum atomic E-state index is -0.199. The van der Waals surface area contributed by atoms with E-state index in [1.165, 1.54) is 7.11 Å². The quantitative estimate of drug-likeness (QED) is 0.862. The second kappa shape index (κ2) is 5.85. The number of carbonyl (C=O) groups is 1. The van der Waals surface area contributed by atoms with Crippen molar-refractivity contribution in [3.8, 4) is 5.75 Å². The Labute approximate surface area is 134 Å². The van der Waals surface area contributed by atoms with Gasteiger partial charge in [0.25, 0.3) is 0 Å². The molecule has 0 aromatic heterocycles. The third-order valence-corrected chi connectivity index (χ3v) is 3.74. The van der Waals surface area contributed by atoms with Crippen LogP contribution in [-0.2, 0) is 4.79 Å². The van der Waals surface area contributed by atoms with E-state index in [0.717, 1.165) is 11.1 Å². The number of halogens is 1. The zero-order valence-corrected chi connectivity index (χ0v) is 12.6. The van der Waals surface area contributed by atoms with E-state index in [1.54, 1.807) is 18.2 Å². The summed E-state index contributed by atoms with van der Waals surface area (Å²) >= 11 is 6.27. The highest BCUT2D eigenvalue weighted by Crippen LogP contribution is 2.28. The molecule has 4 nitrogen and oxygen atoms in total. The molecule has 1 amide bonds. The number of hydrogen-bond donors (Lipinski definition) is 1. The van der Waals surface area contributed by atoms with E-state index in [0.29, 0.717) is 27.6 Å². The van der Waals surface area contributed by atoms with Crippen molar-refractivity contribution in [3.05, 3.63) is 52.5 Å². The summed E-state index contributed by atoms with van der Waals surface area (Å²) < 4.78 is 5.21. The number of nitrogens with zero attached hydrogens (tertiary/aromatic N) is 1. The maximum absolute atomic E-state index is 11.9. The van der Waals surface area contributed by atoms with Gasteiger partial charge in [0.2, 0.25) is 5.91 Å². The number of hydrogen-bond acceptors (Lipinski definition) is 3. The van der Waals surface area contributed by atoms with Gasteiger partial charge in [-0.05, 0) is 6.07 Å². The Morgan fingerprint density at radius 3 is 2.77 bits per heavy atom. The molecule has 1 N–H and O–H groups in total. The van der Waals surface area contributed by atoms with E-state index in [2.05, 4.69) is 10.3 Å². The minimum Gasteiger partial charge on any atom is -0.497 e. The number of rotatable bonds is 2. The maximum atomic E-state index is 11.9. The number of benzene rings is 2. The lowest BCUT2D eigenvalue weighted by Gasteiger charge is -2.15. The van der Waals surface area contributed by atoms with E-state index in [9.17, 15) is 4.79 Å². The second-order valence-corrected chi connectivity index (χ2v) is 5.24. The lowest BCUT2D eigenvalue weighted by Crippen LogP contribution is -2.16. The molecule has 0 spiro atoms. The SMILES string of the molecule is [B]c1cc2c(cc1OC)NC(=O)CN=C2c1ccccc1Cl. The molecule has 6 heteroatoms. The molecule has 2 aromatic rings. The van der Waals surface area contributed by atoms with Gasteiger partial charge in [-0.1, -0.05) is 41.3 Å². The van der Waals surface area contributed by atoms with Crippen LogP contribution in [0.4, 0.5) is 5.69 Å². The summed E-state index contributed by atoms with van der Waals surface area (Å²) in [4.78, 5) is 16.3. The average Bonchev–Trinajstić information content (AvgIpc) is 2.65. The molecule has 3 rings (SSSR count). The van der Waals surface area contributed by atoms with Crippen molar-refractivity contribution >= 4 is 42.2 Å². The van der Waals surface area contributed by atoms with E-state index >= 15 is 0 Å². The van der Waals surface area contributed by atoms with Crippen LogP contribution in [0.25, 0.3) is 0 Å². The van der Waals surface area contributed by atoms with E-state index < -0.39 is 0 Å². The smallest absolute Gasteiger partial charge is 0.246 e. The molecular formula is C16H12BClN2O2. The topological polar surface area (TPSA) is 50.7 Å². The molecule has 0 bridgehead atoms. The predicted octanol–water partition coefficient (Wildman–Crippen LogP) is 1.93. The Hall–Kier alpha value is -2.27. The van der Waals surface area contributed by atoms with Crippen molar-refractivity contribution in [3.63, 3.8) is 0 Å². The summed E-state index contributed by atoms with van der Waals surface area (Å²) in [7, 11) is 7.52. The molecule has 108 valence electrons. The molecular weight excluding hydrogens is 298 g/mol. The van der Waals surface area contributed by atoms with Crippen LogP contribution in [0.15, 0.2) is 41.4 Å². The third kappa shape index (κ3) is 2.60. The molecule has 1 aliphatic heterocycles. The molecule has 2 radical (unpaired) electrons. The monoisotopic (exact) mass is 310 g/mol.